The van der Waals surface area contributed by atoms with Crippen molar-refractivity contribution in [1.82, 2.24) is 19.3 Å². The summed E-state index contributed by atoms with van der Waals surface area (Å²) in [5.41, 5.74) is 8.63. The highest BCUT2D eigenvalue weighted by Crippen LogP contribution is 2.31. The highest BCUT2D eigenvalue weighted by molar-refractivity contribution is 7.91. The molecule has 1 saturated heterocycles. The predicted octanol–water partition coefficient (Wildman–Crippen LogP) is 1.05. The van der Waals surface area contributed by atoms with E-state index in [1.165, 1.54) is 0 Å². The van der Waals surface area contributed by atoms with Gasteiger partial charge in [-0.05, 0) is 19.3 Å². The molecule has 0 aromatic carbocycles. The molecule has 3 rings (SSSR count). The molecule has 2 aromatic heterocycles. The van der Waals surface area contributed by atoms with Crippen LogP contribution >= 0.6 is 0 Å². The summed E-state index contributed by atoms with van der Waals surface area (Å²) in [6, 6.07) is -0.140. The fourth-order valence-corrected chi connectivity index (χ4v) is 4.86. The van der Waals surface area contributed by atoms with Crippen LogP contribution in [0.15, 0.2) is 0 Å². The zero-order valence-electron chi connectivity index (χ0n) is 12.4. The molecular weight excluding hydrogens is 290 g/mol. The molecule has 8 heteroatoms. The van der Waals surface area contributed by atoms with Crippen molar-refractivity contribution in [3.63, 3.8) is 0 Å². The van der Waals surface area contributed by atoms with Crippen LogP contribution < -0.4 is 5.73 Å². The number of sulfone groups is 1. The number of aryl methyl sites for hydroxylation is 2. The molecule has 0 radical (unpaired) electrons. The van der Waals surface area contributed by atoms with E-state index in [1.807, 2.05) is 11.6 Å². The second-order valence-electron chi connectivity index (χ2n) is 5.74. The van der Waals surface area contributed by atoms with Crippen LogP contribution in [0.2, 0.25) is 0 Å². The fourth-order valence-electron chi connectivity index (χ4n) is 3.19. The van der Waals surface area contributed by atoms with Gasteiger partial charge in [0.05, 0.1) is 23.2 Å². The summed E-state index contributed by atoms with van der Waals surface area (Å²) in [7, 11) is -1.14. The Balaban J connectivity index is 2.12. The van der Waals surface area contributed by atoms with Crippen LogP contribution in [0.4, 0.5) is 5.95 Å². The molecule has 0 amide bonds. The Hall–Kier alpha value is -1.57. The maximum absolute atomic E-state index is 11.9. The Bertz CT molecular complexity index is 774. The fraction of sp³-hybridized carbons (Fsp3) is 0.692. The summed E-state index contributed by atoms with van der Waals surface area (Å²) in [5, 5.41) is 4.50. The molecule has 21 heavy (non-hydrogen) atoms. The number of nitrogens with two attached hydrogens (primary N) is 1. The van der Waals surface area contributed by atoms with Crippen molar-refractivity contribution >= 4 is 26.9 Å². The van der Waals surface area contributed by atoms with E-state index in [0.29, 0.717) is 12.4 Å². The third-order valence-corrected chi connectivity index (χ3v) is 5.86. The summed E-state index contributed by atoms with van der Waals surface area (Å²) in [6.45, 7) is 2.09. The van der Waals surface area contributed by atoms with Gasteiger partial charge >= 0.3 is 0 Å². The van der Waals surface area contributed by atoms with Gasteiger partial charge in [-0.2, -0.15) is 5.10 Å². The lowest BCUT2D eigenvalue weighted by Crippen LogP contribution is -2.28. The number of hydrogen-bond acceptors (Lipinski definition) is 5. The quantitative estimate of drug-likeness (QED) is 0.914. The standard InChI is InChI=1S/C13H21N5O2S/c1-3-5-10-11-12(17(2)16-10)18(13(14)15-11)9-6-4-7-21(19,20)8-9/h9H,3-8H2,1-2H3,(H2,14,15). The van der Waals surface area contributed by atoms with Gasteiger partial charge in [0.1, 0.15) is 5.52 Å². The van der Waals surface area contributed by atoms with Gasteiger partial charge in [0.15, 0.2) is 15.5 Å². The van der Waals surface area contributed by atoms with Crippen molar-refractivity contribution in [1.29, 1.82) is 0 Å². The minimum Gasteiger partial charge on any atom is -0.369 e. The lowest BCUT2D eigenvalue weighted by molar-refractivity contribution is 0.477. The average molecular weight is 311 g/mol. The summed E-state index contributed by atoms with van der Waals surface area (Å²) in [5.74, 6) is 0.794. The first-order valence-electron chi connectivity index (χ1n) is 7.32. The van der Waals surface area contributed by atoms with E-state index in [9.17, 15) is 8.42 Å². The molecule has 0 saturated carbocycles. The van der Waals surface area contributed by atoms with E-state index in [0.717, 1.165) is 36.1 Å². The summed E-state index contributed by atoms with van der Waals surface area (Å²) in [4.78, 5) is 4.44. The van der Waals surface area contributed by atoms with Gasteiger partial charge < -0.3 is 5.73 Å². The molecule has 1 fully saturated rings. The minimum atomic E-state index is -2.99. The van der Waals surface area contributed by atoms with Gasteiger partial charge in [0.2, 0.25) is 5.95 Å². The third-order valence-electron chi connectivity index (χ3n) is 4.05. The Morgan fingerprint density at radius 3 is 2.86 bits per heavy atom. The topological polar surface area (TPSA) is 95.8 Å². The van der Waals surface area contributed by atoms with Crippen molar-refractivity contribution < 1.29 is 8.42 Å². The van der Waals surface area contributed by atoms with Crippen LogP contribution in [-0.2, 0) is 23.3 Å². The van der Waals surface area contributed by atoms with Crippen molar-refractivity contribution in [3.8, 4) is 0 Å². The zero-order chi connectivity index (χ0) is 15.2. The smallest absolute Gasteiger partial charge is 0.202 e. The summed E-state index contributed by atoms with van der Waals surface area (Å²) < 4.78 is 27.4. The lowest BCUT2D eigenvalue weighted by atomic mass is 10.2. The van der Waals surface area contributed by atoms with Crippen molar-refractivity contribution in [2.45, 2.75) is 38.6 Å². The number of aromatic nitrogens is 4. The molecule has 1 atom stereocenters. The second kappa shape index (κ2) is 5.01. The largest absolute Gasteiger partial charge is 0.369 e. The molecule has 1 aliphatic rings. The van der Waals surface area contributed by atoms with E-state index in [4.69, 9.17) is 5.73 Å². The van der Waals surface area contributed by atoms with Crippen LogP contribution in [0.25, 0.3) is 11.2 Å². The summed E-state index contributed by atoms with van der Waals surface area (Å²) >= 11 is 0. The Morgan fingerprint density at radius 2 is 2.19 bits per heavy atom. The van der Waals surface area contributed by atoms with E-state index in [-0.39, 0.29) is 17.5 Å². The number of nitrogens with zero attached hydrogens (tertiary/aromatic N) is 4. The van der Waals surface area contributed by atoms with Crippen LogP contribution in [0, 0.1) is 0 Å². The predicted molar refractivity (Wildman–Crippen MR) is 81.8 cm³/mol. The monoisotopic (exact) mass is 311 g/mol. The summed E-state index contributed by atoms with van der Waals surface area (Å²) in [6.07, 6.45) is 3.31. The van der Waals surface area contributed by atoms with E-state index in [1.54, 1.807) is 4.68 Å². The highest BCUT2D eigenvalue weighted by atomic mass is 32.2. The lowest BCUT2D eigenvalue weighted by Gasteiger charge is -2.24. The first-order chi connectivity index (χ1) is 9.93. The number of anilines is 1. The maximum Gasteiger partial charge on any atom is 0.202 e. The number of hydrogen-bond donors (Lipinski definition) is 1. The normalized spacial score (nSPS) is 21.9. The number of rotatable bonds is 3. The number of nitrogen functional groups attached to an aromatic ring is 1. The van der Waals surface area contributed by atoms with Gasteiger partial charge in [-0.1, -0.05) is 13.3 Å². The maximum atomic E-state index is 11.9. The molecule has 3 heterocycles. The van der Waals surface area contributed by atoms with Gasteiger partial charge in [0.25, 0.3) is 0 Å². The van der Waals surface area contributed by atoms with E-state index >= 15 is 0 Å². The zero-order valence-corrected chi connectivity index (χ0v) is 13.2. The van der Waals surface area contributed by atoms with Gasteiger partial charge in [-0.15, -0.1) is 0 Å². The van der Waals surface area contributed by atoms with Crippen molar-refractivity contribution in [2.75, 3.05) is 17.2 Å². The van der Waals surface area contributed by atoms with Crippen molar-refractivity contribution in [2.24, 2.45) is 7.05 Å². The molecule has 0 spiro atoms. The highest BCUT2D eigenvalue weighted by Gasteiger charge is 2.30. The van der Waals surface area contributed by atoms with E-state index in [2.05, 4.69) is 17.0 Å². The number of imidazole rings is 1. The average Bonchev–Trinajstić information content (AvgIpc) is 2.87. The SMILES string of the molecule is CCCc1nn(C)c2c1nc(N)n2C1CCCS(=O)(=O)C1. The molecule has 1 unspecified atom stereocenters. The Morgan fingerprint density at radius 1 is 1.43 bits per heavy atom. The third kappa shape index (κ3) is 2.41. The molecule has 2 aromatic rings. The molecule has 7 nitrogen and oxygen atoms in total. The first kappa shape index (κ1) is 14.4. The van der Waals surface area contributed by atoms with Crippen LogP contribution in [-0.4, -0.2) is 39.3 Å². The van der Waals surface area contributed by atoms with Gasteiger partial charge in [0, 0.05) is 7.05 Å². The van der Waals surface area contributed by atoms with E-state index < -0.39 is 9.84 Å². The van der Waals surface area contributed by atoms with Crippen molar-refractivity contribution in [3.05, 3.63) is 5.69 Å². The first-order valence-corrected chi connectivity index (χ1v) is 9.14. The van der Waals surface area contributed by atoms with Gasteiger partial charge in [-0.3, -0.25) is 9.25 Å². The second-order valence-corrected chi connectivity index (χ2v) is 7.97. The molecule has 1 aliphatic heterocycles. The van der Waals surface area contributed by atoms with Crippen LogP contribution in [0.1, 0.15) is 37.9 Å². The molecule has 0 aliphatic carbocycles. The van der Waals surface area contributed by atoms with Crippen LogP contribution in [0.3, 0.4) is 0 Å². The van der Waals surface area contributed by atoms with Crippen LogP contribution in [0.5, 0.6) is 0 Å². The molecule has 116 valence electrons. The Labute approximate surface area is 124 Å². The van der Waals surface area contributed by atoms with Gasteiger partial charge in [-0.25, -0.2) is 13.4 Å². The molecule has 2 N–H and O–H groups in total. The Kier molecular flexibility index (Phi) is 3.43. The molecular formula is C13H21N5O2S. The number of fused-ring (bicyclic) bond motifs is 1. The molecule has 0 bridgehead atoms. The minimum absolute atomic E-state index is 0.136.